The van der Waals surface area contributed by atoms with E-state index in [2.05, 4.69) is 11.8 Å². The normalized spacial score (nSPS) is 10.5. The van der Waals surface area contributed by atoms with E-state index in [4.69, 9.17) is 9.47 Å². The predicted octanol–water partition coefficient (Wildman–Crippen LogP) is 5.26. The van der Waals surface area contributed by atoms with Crippen LogP contribution in [-0.2, 0) is 4.74 Å². The summed E-state index contributed by atoms with van der Waals surface area (Å²) in [6.45, 7) is 5.49. The lowest BCUT2D eigenvalue weighted by molar-refractivity contribution is 0.00693. The summed E-state index contributed by atoms with van der Waals surface area (Å²) >= 11 is 0. The molecule has 0 aliphatic rings. The van der Waals surface area contributed by atoms with Gasteiger partial charge in [0, 0.05) is 11.1 Å². The molecular weight excluding hydrogens is 376 g/mol. The van der Waals surface area contributed by atoms with Gasteiger partial charge in [0.05, 0.1) is 11.1 Å². The first kappa shape index (κ1) is 20.9. The van der Waals surface area contributed by atoms with Crippen LogP contribution in [0.25, 0.3) is 0 Å². The Labute approximate surface area is 176 Å². The van der Waals surface area contributed by atoms with Crippen LogP contribution in [-0.4, -0.2) is 17.5 Å². The number of para-hydroxylation sites is 1. The minimum Gasteiger partial charge on any atom is -0.456 e. The molecule has 0 aliphatic carbocycles. The number of carbonyl (C=O) groups excluding carboxylic acids is 2. The maximum absolute atomic E-state index is 12.2. The first-order chi connectivity index (χ1) is 14.3. The van der Waals surface area contributed by atoms with Crippen LogP contribution >= 0.6 is 0 Å². The summed E-state index contributed by atoms with van der Waals surface area (Å²) in [6.07, 6.45) is 0. The van der Waals surface area contributed by atoms with Gasteiger partial charge < -0.3 is 9.47 Å². The van der Waals surface area contributed by atoms with E-state index in [1.807, 2.05) is 26.8 Å². The molecule has 0 fully saturated rings. The van der Waals surface area contributed by atoms with Gasteiger partial charge >= 0.3 is 11.9 Å². The number of ether oxygens (including phenoxy) is 2. The molecule has 3 rings (SSSR count). The molecule has 0 saturated heterocycles. The van der Waals surface area contributed by atoms with Gasteiger partial charge in [0.15, 0.2) is 0 Å². The third-order valence-corrected chi connectivity index (χ3v) is 3.95. The monoisotopic (exact) mass is 398 g/mol. The molecule has 0 spiro atoms. The second-order valence-corrected chi connectivity index (χ2v) is 7.61. The Morgan fingerprint density at radius 2 is 1.13 bits per heavy atom. The number of benzene rings is 3. The van der Waals surface area contributed by atoms with Crippen molar-refractivity contribution in [3.8, 4) is 17.6 Å². The van der Waals surface area contributed by atoms with Gasteiger partial charge in [0.2, 0.25) is 0 Å². The van der Waals surface area contributed by atoms with Crippen LogP contribution in [0.4, 0.5) is 0 Å². The van der Waals surface area contributed by atoms with Crippen LogP contribution in [0.15, 0.2) is 78.9 Å². The van der Waals surface area contributed by atoms with Crippen LogP contribution in [0.2, 0.25) is 0 Å². The molecule has 0 radical (unpaired) electrons. The molecule has 0 aromatic heterocycles. The largest absolute Gasteiger partial charge is 0.456 e. The molecule has 0 saturated carbocycles. The molecule has 150 valence electrons. The zero-order chi connectivity index (χ0) is 21.6. The summed E-state index contributed by atoms with van der Waals surface area (Å²) in [5.74, 6) is 5.81. The van der Waals surface area contributed by atoms with Crippen molar-refractivity contribution < 1.29 is 19.1 Å². The number of esters is 2. The fourth-order valence-corrected chi connectivity index (χ4v) is 2.52. The number of hydrogen-bond donors (Lipinski definition) is 0. The Kier molecular flexibility index (Phi) is 6.34. The molecule has 0 N–H and O–H groups in total. The van der Waals surface area contributed by atoms with Crippen molar-refractivity contribution in [2.24, 2.45) is 0 Å². The molecule has 30 heavy (non-hydrogen) atoms. The molecule has 0 heterocycles. The van der Waals surface area contributed by atoms with Gasteiger partial charge in [-0.05, 0) is 81.4 Å². The average Bonchev–Trinajstić information content (AvgIpc) is 2.72. The van der Waals surface area contributed by atoms with E-state index in [1.54, 1.807) is 72.8 Å². The van der Waals surface area contributed by atoms with E-state index < -0.39 is 11.6 Å². The molecule has 0 unspecified atom stereocenters. The predicted molar refractivity (Wildman–Crippen MR) is 115 cm³/mol. The summed E-state index contributed by atoms with van der Waals surface area (Å²) in [6, 6.07) is 22.8. The second kappa shape index (κ2) is 9.11. The highest BCUT2D eigenvalue weighted by atomic mass is 16.6. The molecule has 0 amide bonds. The topological polar surface area (TPSA) is 52.6 Å². The Bertz CT molecular complexity index is 1080. The summed E-state index contributed by atoms with van der Waals surface area (Å²) in [4.78, 5) is 24.2. The molecular formula is C26H22O4. The Hall–Kier alpha value is -3.84. The SMILES string of the molecule is CC(C)(C)OC(=O)c1ccc(C#Cc2ccc(C(=O)Oc3ccccc3)cc2)cc1. The third kappa shape index (κ3) is 6.08. The lowest BCUT2D eigenvalue weighted by Gasteiger charge is -2.19. The van der Waals surface area contributed by atoms with Crippen molar-refractivity contribution in [1.29, 1.82) is 0 Å². The van der Waals surface area contributed by atoms with Crippen molar-refractivity contribution in [2.45, 2.75) is 26.4 Å². The number of hydrogen-bond acceptors (Lipinski definition) is 4. The van der Waals surface area contributed by atoms with Crippen molar-refractivity contribution in [1.82, 2.24) is 0 Å². The highest BCUT2D eigenvalue weighted by molar-refractivity contribution is 5.91. The van der Waals surface area contributed by atoms with E-state index in [0.29, 0.717) is 16.9 Å². The van der Waals surface area contributed by atoms with Gasteiger partial charge in [-0.15, -0.1) is 0 Å². The standard InChI is InChI=1S/C26H22O4/c1-26(2,3)30-25(28)22-17-13-20(14-18-22)10-9-19-11-15-21(16-12-19)24(27)29-23-7-5-4-6-8-23/h4-8,11-18H,1-3H3. The van der Waals surface area contributed by atoms with E-state index in [1.165, 1.54) is 0 Å². The van der Waals surface area contributed by atoms with E-state index >= 15 is 0 Å². The molecule has 0 bridgehead atoms. The lowest BCUT2D eigenvalue weighted by Crippen LogP contribution is -2.23. The van der Waals surface area contributed by atoms with Crippen LogP contribution < -0.4 is 4.74 Å². The molecule has 0 aliphatic heterocycles. The maximum atomic E-state index is 12.2. The minimum absolute atomic E-state index is 0.361. The zero-order valence-corrected chi connectivity index (χ0v) is 17.1. The van der Waals surface area contributed by atoms with Crippen LogP contribution in [0, 0.1) is 11.8 Å². The summed E-state index contributed by atoms with van der Waals surface area (Å²) < 4.78 is 10.7. The fraction of sp³-hybridized carbons (Fsp3) is 0.154. The van der Waals surface area contributed by atoms with Gasteiger partial charge in [-0.2, -0.15) is 0 Å². The van der Waals surface area contributed by atoms with Gasteiger partial charge in [-0.1, -0.05) is 30.0 Å². The molecule has 3 aromatic carbocycles. The zero-order valence-electron chi connectivity index (χ0n) is 17.1. The third-order valence-electron chi connectivity index (χ3n) is 3.95. The van der Waals surface area contributed by atoms with E-state index in [0.717, 1.165) is 11.1 Å². The van der Waals surface area contributed by atoms with E-state index in [-0.39, 0.29) is 5.97 Å². The number of carbonyl (C=O) groups is 2. The van der Waals surface area contributed by atoms with Crippen molar-refractivity contribution in [3.05, 3.63) is 101 Å². The van der Waals surface area contributed by atoms with Gasteiger partial charge in [-0.3, -0.25) is 0 Å². The van der Waals surface area contributed by atoms with Gasteiger partial charge in [0.25, 0.3) is 0 Å². The van der Waals surface area contributed by atoms with Gasteiger partial charge in [-0.25, -0.2) is 9.59 Å². The molecule has 3 aromatic rings. The van der Waals surface area contributed by atoms with Crippen molar-refractivity contribution in [3.63, 3.8) is 0 Å². The van der Waals surface area contributed by atoms with Gasteiger partial charge in [0.1, 0.15) is 11.4 Å². The summed E-state index contributed by atoms with van der Waals surface area (Å²) in [5.41, 5.74) is 1.94. The minimum atomic E-state index is -0.532. The highest BCUT2D eigenvalue weighted by Crippen LogP contribution is 2.14. The molecule has 4 nitrogen and oxygen atoms in total. The first-order valence-corrected chi connectivity index (χ1v) is 9.53. The number of rotatable bonds is 3. The molecule has 4 heteroatoms. The quantitative estimate of drug-likeness (QED) is 0.343. The Balaban J connectivity index is 1.63. The first-order valence-electron chi connectivity index (χ1n) is 9.53. The van der Waals surface area contributed by atoms with Crippen LogP contribution in [0.3, 0.4) is 0 Å². The fourth-order valence-electron chi connectivity index (χ4n) is 2.52. The highest BCUT2D eigenvalue weighted by Gasteiger charge is 2.17. The Morgan fingerprint density at radius 3 is 1.60 bits per heavy atom. The lowest BCUT2D eigenvalue weighted by atomic mass is 10.1. The van der Waals surface area contributed by atoms with Crippen LogP contribution in [0.1, 0.15) is 52.6 Å². The maximum Gasteiger partial charge on any atom is 0.343 e. The average molecular weight is 398 g/mol. The second-order valence-electron chi connectivity index (χ2n) is 7.61. The van der Waals surface area contributed by atoms with Crippen LogP contribution in [0.5, 0.6) is 5.75 Å². The Morgan fingerprint density at radius 1 is 0.667 bits per heavy atom. The smallest absolute Gasteiger partial charge is 0.343 e. The van der Waals surface area contributed by atoms with Crippen molar-refractivity contribution in [2.75, 3.05) is 0 Å². The summed E-state index contributed by atoms with van der Waals surface area (Å²) in [5, 5.41) is 0. The molecule has 0 atom stereocenters. The van der Waals surface area contributed by atoms with E-state index in [9.17, 15) is 9.59 Å². The summed E-state index contributed by atoms with van der Waals surface area (Å²) in [7, 11) is 0. The van der Waals surface area contributed by atoms with Crippen molar-refractivity contribution >= 4 is 11.9 Å².